The summed E-state index contributed by atoms with van der Waals surface area (Å²) in [7, 11) is 0. The van der Waals surface area contributed by atoms with Gasteiger partial charge in [0.2, 0.25) is 6.79 Å². The molecule has 1 amide bonds. The van der Waals surface area contributed by atoms with Crippen molar-refractivity contribution in [1.82, 2.24) is 24.8 Å². The normalized spacial score (nSPS) is 16.5. The molecule has 0 spiro atoms. The first kappa shape index (κ1) is 26.9. The van der Waals surface area contributed by atoms with Gasteiger partial charge in [-0.05, 0) is 74.0 Å². The van der Waals surface area contributed by atoms with Crippen LogP contribution in [0.4, 0.5) is 10.6 Å². The first-order valence-electron chi connectivity index (χ1n) is 12.9. The van der Waals surface area contributed by atoms with Gasteiger partial charge >= 0.3 is 6.09 Å². The molecule has 204 valence electrons. The third kappa shape index (κ3) is 6.12. The summed E-state index contributed by atoms with van der Waals surface area (Å²) in [5, 5.41) is 3.90. The van der Waals surface area contributed by atoms with Gasteiger partial charge in [-0.15, -0.1) is 0 Å². The maximum absolute atomic E-state index is 12.7. The number of nitrogens with one attached hydrogen (secondary N) is 1. The third-order valence-electron chi connectivity index (χ3n) is 6.74. The summed E-state index contributed by atoms with van der Waals surface area (Å²) in [6, 6.07) is 3.80. The van der Waals surface area contributed by atoms with Crippen LogP contribution in [0.25, 0.3) is 11.2 Å². The third-order valence-corrected chi connectivity index (χ3v) is 8.71. The molecule has 0 saturated heterocycles. The summed E-state index contributed by atoms with van der Waals surface area (Å²) in [5.41, 5.74) is 6.84. The molecule has 12 heteroatoms. The maximum atomic E-state index is 12.7. The van der Waals surface area contributed by atoms with E-state index in [1.165, 1.54) is 37.4 Å². The van der Waals surface area contributed by atoms with Crippen molar-refractivity contribution >= 4 is 50.8 Å². The summed E-state index contributed by atoms with van der Waals surface area (Å²) >= 11 is 5.13. The zero-order valence-corrected chi connectivity index (χ0v) is 24.2. The first-order chi connectivity index (χ1) is 18.2. The molecule has 1 atom stereocenters. The van der Waals surface area contributed by atoms with Crippen molar-refractivity contribution in [2.75, 3.05) is 12.5 Å². The predicted octanol–water partition coefficient (Wildman–Crippen LogP) is 5.91. The highest BCUT2D eigenvalue weighted by Gasteiger charge is 2.28. The van der Waals surface area contributed by atoms with Crippen molar-refractivity contribution in [3.05, 3.63) is 22.9 Å². The molecule has 0 bridgehead atoms. The molecule has 5 rings (SSSR count). The van der Waals surface area contributed by atoms with Gasteiger partial charge < -0.3 is 29.8 Å². The maximum Gasteiger partial charge on any atom is 0.407 e. The van der Waals surface area contributed by atoms with Crippen molar-refractivity contribution in [3.63, 3.8) is 0 Å². The second-order valence-corrected chi connectivity index (χ2v) is 12.5. The van der Waals surface area contributed by atoms with Gasteiger partial charge in [0.15, 0.2) is 33.6 Å². The number of carbonyl (C=O) groups excluding carboxylic acids is 1. The number of rotatable bonds is 7. The molecular weight excluding hydrogens is 572 g/mol. The number of carbonyl (C=O) groups is 1. The van der Waals surface area contributed by atoms with E-state index in [1.54, 1.807) is 0 Å². The van der Waals surface area contributed by atoms with Crippen molar-refractivity contribution < 1.29 is 19.0 Å². The molecule has 1 aliphatic carbocycles. The first-order valence-corrected chi connectivity index (χ1v) is 14.5. The van der Waals surface area contributed by atoms with E-state index >= 15 is 0 Å². The fourth-order valence-electron chi connectivity index (χ4n) is 4.98. The number of imidazole rings is 1. The van der Waals surface area contributed by atoms with Crippen LogP contribution in [0, 0.1) is 5.92 Å². The highest BCUT2D eigenvalue weighted by molar-refractivity contribution is 9.10. The van der Waals surface area contributed by atoms with Crippen LogP contribution in [0.3, 0.4) is 0 Å². The van der Waals surface area contributed by atoms with Crippen molar-refractivity contribution in [1.29, 1.82) is 0 Å². The van der Waals surface area contributed by atoms with Crippen LogP contribution in [0.2, 0.25) is 0 Å². The number of nitrogens with zero attached hydrogens (tertiary/aromatic N) is 4. The molecule has 3 aromatic rings. The molecule has 0 radical (unpaired) electrons. The monoisotopic (exact) mass is 604 g/mol. The van der Waals surface area contributed by atoms with Gasteiger partial charge in [0.05, 0.1) is 0 Å². The SMILES string of the molecule is CC(C)(C)OC(=O)NC(CCn1c(Sc2cc3c(cc2Br)OCO3)nc2c(N)ncnc21)C1CCCCC1. The van der Waals surface area contributed by atoms with Crippen LogP contribution >= 0.6 is 27.7 Å². The molecule has 1 unspecified atom stereocenters. The number of halogens is 1. The van der Waals surface area contributed by atoms with Gasteiger partial charge in [-0.2, -0.15) is 0 Å². The Balaban J connectivity index is 1.43. The van der Waals surface area contributed by atoms with E-state index in [0.29, 0.717) is 47.4 Å². The molecular formula is C26H33BrN6O4S. The number of anilines is 1. The molecule has 1 saturated carbocycles. The minimum absolute atomic E-state index is 0.0306. The Labute approximate surface area is 234 Å². The Hall–Kier alpha value is -2.73. The second kappa shape index (κ2) is 11.2. The van der Waals surface area contributed by atoms with Crippen LogP contribution < -0.4 is 20.5 Å². The average Bonchev–Trinajstić information content (AvgIpc) is 3.46. The molecule has 3 N–H and O–H groups in total. The number of fused-ring (bicyclic) bond motifs is 2. The Morgan fingerprint density at radius 3 is 2.71 bits per heavy atom. The molecule has 1 aromatic carbocycles. The number of hydrogen-bond acceptors (Lipinski definition) is 9. The van der Waals surface area contributed by atoms with Crippen LogP contribution in [0.1, 0.15) is 59.3 Å². The molecule has 10 nitrogen and oxygen atoms in total. The molecule has 3 heterocycles. The number of amides is 1. The lowest BCUT2D eigenvalue weighted by Gasteiger charge is -2.32. The summed E-state index contributed by atoms with van der Waals surface area (Å²) < 4.78 is 19.6. The van der Waals surface area contributed by atoms with Gasteiger partial charge in [-0.1, -0.05) is 31.0 Å². The van der Waals surface area contributed by atoms with Crippen LogP contribution in [-0.2, 0) is 11.3 Å². The number of aromatic nitrogens is 4. The fourth-order valence-corrected chi connectivity index (χ4v) is 6.49. The number of alkyl carbamates (subject to hydrolysis) is 1. The Bertz CT molecular complexity index is 1320. The lowest BCUT2D eigenvalue weighted by atomic mass is 9.82. The lowest BCUT2D eigenvalue weighted by molar-refractivity contribution is 0.0471. The number of aryl methyl sites for hydroxylation is 1. The van der Waals surface area contributed by atoms with Crippen molar-refractivity contribution in [2.45, 2.75) is 87.5 Å². The summed E-state index contributed by atoms with van der Waals surface area (Å²) in [6.45, 7) is 6.42. The van der Waals surface area contributed by atoms with Crippen molar-refractivity contribution in [3.8, 4) is 11.5 Å². The molecule has 2 aliphatic rings. The largest absolute Gasteiger partial charge is 0.454 e. The fraction of sp³-hybridized carbons (Fsp3) is 0.538. The van der Waals surface area contributed by atoms with Crippen LogP contribution in [-0.4, -0.2) is 44.0 Å². The minimum atomic E-state index is -0.558. The summed E-state index contributed by atoms with van der Waals surface area (Å²) in [4.78, 5) is 27.1. The number of nitrogen functional groups attached to an aromatic ring is 1. The van der Waals surface area contributed by atoms with Gasteiger partial charge in [0.25, 0.3) is 0 Å². The van der Waals surface area contributed by atoms with E-state index in [1.807, 2.05) is 32.9 Å². The van der Waals surface area contributed by atoms with Crippen LogP contribution in [0.5, 0.6) is 11.5 Å². The van der Waals surface area contributed by atoms with Gasteiger partial charge in [-0.3, -0.25) is 0 Å². The van der Waals surface area contributed by atoms with E-state index < -0.39 is 5.60 Å². The minimum Gasteiger partial charge on any atom is -0.454 e. The summed E-state index contributed by atoms with van der Waals surface area (Å²) in [5.74, 6) is 2.12. The smallest absolute Gasteiger partial charge is 0.407 e. The van der Waals surface area contributed by atoms with E-state index in [9.17, 15) is 4.79 Å². The number of benzene rings is 1. The topological polar surface area (TPSA) is 126 Å². The highest BCUT2D eigenvalue weighted by Crippen LogP contribution is 2.43. The van der Waals surface area contributed by atoms with E-state index in [4.69, 9.17) is 24.9 Å². The van der Waals surface area contributed by atoms with Gasteiger partial charge in [0, 0.05) is 22.0 Å². The van der Waals surface area contributed by atoms with E-state index in [-0.39, 0.29) is 18.9 Å². The number of ether oxygens (including phenoxy) is 3. The van der Waals surface area contributed by atoms with Gasteiger partial charge in [0.1, 0.15) is 11.9 Å². The summed E-state index contributed by atoms with van der Waals surface area (Å²) in [6.07, 6.45) is 7.55. The zero-order valence-electron chi connectivity index (χ0n) is 21.8. The van der Waals surface area contributed by atoms with Crippen molar-refractivity contribution in [2.24, 2.45) is 5.92 Å². The van der Waals surface area contributed by atoms with E-state index in [0.717, 1.165) is 27.4 Å². The number of nitrogens with two attached hydrogens (primary N) is 1. The molecule has 38 heavy (non-hydrogen) atoms. The molecule has 1 aliphatic heterocycles. The average molecular weight is 606 g/mol. The highest BCUT2D eigenvalue weighted by atomic mass is 79.9. The Kier molecular flexibility index (Phi) is 7.90. The molecule has 2 aromatic heterocycles. The Morgan fingerprint density at radius 1 is 1.24 bits per heavy atom. The Morgan fingerprint density at radius 2 is 1.97 bits per heavy atom. The standard InChI is InChI=1S/C26H33BrN6O4S/c1-26(2,3)37-25(34)31-17(15-7-5-4-6-8-15)9-10-33-23-21(22(28)29-13-30-23)32-24(33)38-20-12-19-18(11-16(20)27)35-14-36-19/h11-13,15,17H,4-10,14H2,1-3H3,(H,31,34)(H2,28,29,30). The second-order valence-electron chi connectivity index (χ2n) is 10.7. The van der Waals surface area contributed by atoms with Gasteiger partial charge in [-0.25, -0.2) is 19.7 Å². The zero-order chi connectivity index (χ0) is 26.9. The van der Waals surface area contributed by atoms with E-state index in [2.05, 4.69) is 35.8 Å². The van der Waals surface area contributed by atoms with Crippen LogP contribution in [0.15, 0.2) is 33.0 Å². The lowest BCUT2D eigenvalue weighted by Crippen LogP contribution is -2.44. The predicted molar refractivity (Wildman–Crippen MR) is 148 cm³/mol. The number of hydrogen-bond donors (Lipinski definition) is 2. The quantitative estimate of drug-likeness (QED) is 0.338. The molecule has 1 fully saturated rings.